The smallest absolute Gasteiger partial charge is 0.138 e. The molecule has 0 amide bonds. The highest BCUT2D eigenvalue weighted by atomic mass is 15.4. The largest absolute Gasteiger partial charge is 0.321 e. The molecule has 12 rings (SSSR count). The maximum Gasteiger partial charge on any atom is 0.138 e. The number of pyridine rings is 1. The molecule has 0 fully saturated rings. The molecule has 10 aromatic rings. The molecule has 0 saturated carbocycles. The minimum absolute atomic E-state index is 0.0119. The summed E-state index contributed by atoms with van der Waals surface area (Å²) in [5.74, 6) is 0.772. The van der Waals surface area contributed by atoms with Crippen LogP contribution in [0.2, 0.25) is 0 Å². The fraction of sp³-hybridized carbons (Fsp3) is 0.0769. The van der Waals surface area contributed by atoms with Crippen molar-refractivity contribution in [2.75, 3.05) is 26.3 Å². The first-order chi connectivity index (χ1) is 34.8. The molecule has 0 saturated heterocycles. The van der Waals surface area contributed by atoms with E-state index in [1.807, 2.05) is 24.4 Å². The summed E-state index contributed by atoms with van der Waals surface area (Å²) >= 11 is 0. The molecule has 0 unspecified atom stereocenters. The maximum absolute atomic E-state index is 10.2. The lowest BCUT2D eigenvalue weighted by atomic mass is 9.87. The Morgan fingerprint density at radius 3 is 1.79 bits per heavy atom. The summed E-state index contributed by atoms with van der Waals surface area (Å²) in [5, 5.41) is 10.2. The zero-order chi connectivity index (χ0) is 48.1. The lowest BCUT2D eigenvalue weighted by Gasteiger charge is -2.31. The number of fused-ring (bicyclic) bond motifs is 6. The second-order valence-corrected chi connectivity index (χ2v) is 19.3. The van der Waals surface area contributed by atoms with Crippen LogP contribution in [0.4, 0.5) is 57.0 Å². The van der Waals surface area contributed by atoms with Crippen molar-refractivity contribution < 1.29 is 0 Å². The van der Waals surface area contributed by atoms with E-state index >= 15 is 0 Å². The van der Waals surface area contributed by atoms with Gasteiger partial charge in [-0.1, -0.05) is 154 Å². The van der Waals surface area contributed by atoms with Gasteiger partial charge in [-0.25, -0.2) is 4.98 Å². The Labute approximate surface area is 416 Å². The number of para-hydroxylation sites is 3. The molecule has 1 aromatic heterocycles. The molecule has 0 aliphatic carbocycles. The molecule has 6 heteroatoms. The van der Waals surface area contributed by atoms with Crippen LogP contribution < -0.4 is 19.6 Å². The average molecular weight is 915 g/mol. The summed E-state index contributed by atoms with van der Waals surface area (Å²) < 4.78 is 0. The van der Waals surface area contributed by atoms with Gasteiger partial charge in [-0.15, -0.1) is 0 Å². The van der Waals surface area contributed by atoms with E-state index in [9.17, 15) is 5.26 Å². The van der Waals surface area contributed by atoms with Crippen molar-refractivity contribution in [1.29, 1.82) is 5.26 Å². The van der Waals surface area contributed by atoms with Gasteiger partial charge in [0.1, 0.15) is 12.5 Å². The van der Waals surface area contributed by atoms with E-state index in [-0.39, 0.29) is 5.41 Å². The molecule has 0 atom stereocenters. The van der Waals surface area contributed by atoms with Gasteiger partial charge in [-0.05, 0) is 141 Å². The van der Waals surface area contributed by atoms with Crippen molar-refractivity contribution in [1.82, 2.24) is 4.98 Å². The summed E-state index contributed by atoms with van der Waals surface area (Å²) in [5.41, 5.74) is 20.0. The first-order valence-corrected chi connectivity index (χ1v) is 24.2. The topological polar surface area (TPSA) is 49.6 Å². The monoisotopic (exact) mass is 914 g/mol. The summed E-state index contributed by atoms with van der Waals surface area (Å²) in [7, 11) is 0. The summed E-state index contributed by atoms with van der Waals surface area (Å²) in [6, 6.07) is 84.6. The second-order valence-electron chi connectivity index (χ2n) is 19.3. The van der Waals surface area contributed by atoms with Crippen LogP contribution in [-0.2, 0) is 5.41 Å². The van der Waals surface area contributed by atoms with Crippen molar-refractivity contribution in [2.24, 2.45) is 0 Å². The van der Waals surface area contributed by atoms with Gasteiger partial charge in [0.2, 0.25) is 0 Å². The van der Waals surface area contributed by atoms with Crippen LogP contribution in [0.1, 0.15) is 31.9 Å². The first-order valence-electron chi connectivity index (χ1n) is 24.2. The number of hydrogen-bond acceptors (Lipinski definition) is 6. The lowest BCUT2D eigenvalue weighted by molar-refractivity contribution is 0.590. The van der Waals surface area contributed by atoms with Crippen LogP contribution >= 0.6 is 0 Å². The fourth-order valence-corrected chi connectivity index (χ4v) is 10.3. The van der Waals surface area contributed by atoms with E-state index in [1.165, 1.54) is 16.9 Å². The normalized spacial score (nSPS) is 12.6. The van der Waals surface area contributed by atoms with Crippen LogP contribution in [0, 0.1) is 11.3 Å². The minimum Gasteiger partial charge on any atom is -0.321 e. The van der Waals surface area contributed by atoms with Crippen LogP contribution in [0.5, 0.6) is 0 Å². The molecule has 9 aromatic carbocycles. The van der Waals surface area contributed by atoms with Gasteiger partial charge in [0.25, 0.3) is 0 Å². The van der Waals surface area contributed by atoms with Gasteiger partial charge in [0.15, 0.2) is 0 Å². The lowest BCUT2D eigenvalue weighted by Crippen LogP contribution is -2.24. The zero-order valence-electron chi connectivity index (χ0n) is 39.9. The Balaban J connectivity index is 1.07. The van der Waals surface area contributed by atoms with Crippen molar-refractivity contribution >= 4 is 57.0 Å². The summed E-state index contributed by atoms with van der Waals surface area (Å²) in [6.07, 6.45) is 1.90. The van der Waals surface area contributed by atoms with Gasteiger partial charge in [0, 0.05) is 45.8 Å². The average Bonchev–Trinajstić information content (AvgIpc) is 3.77. The van der Waals surface area contributed by atoms with E-state index < -0.39 is 0 Å². The van der Waals surface area contributed by atoms with E-state index in [4.69, 9.17) is 4.98 Å². The zero-order valence-corrected chi connectivity index (χ0v) is 39.9. The van der Waals surface area contributed by atoms with Crippen molar-refractivity contribution in [3.63, 3.8) is 0 Å². The van der Waals surface area contributed by atoms with Gasteiger partial charge in [0.05, 0.1) is 34.4 Å². The first kappa shape index (κ1) is 43.1. The third-order valence-electron chi connectivity index (χ3n) is 13.8. The third-order valence-corrected chi connectivity index (χ3v) is 13.8. The number of aromatic nitrogens is 1. The van der Waals surface area contributed by atoms with E-state index in [0.717, 1.165) is 90.1 Å². The van der Waals surface area contributed by atoms with Crippen LogP contribution in [0.15, 0.2) is 237 Å². The Bertz CT molecular complexity index is 3650. The van der Waals surface area contributed by atoms with Gasteiger partial charge >= 0.3 is 0 Å². The van der Waals surface area contributed by atoms with Gasteiger partial charge in [-0.2, -0.15) is 5.26 Å². The SMILES string of the molecule is CC(C)(C)c1cccc(N2CN(c3cc(-c4ccccc4)cc(N(c4ccccc4)c4ccc5c(c4)N(c4cc(-c6ccccc6)ccn4)c4ccc(C#N)cc4-c4ccccc4-5)c3)c3ccccc32)c1. The van der Waals surface area contributed by atoms with Crippen LogP contribution in [0.3, 0.4) is 0 Å². The van der Waals surface area contributed by atoms with Gasteiger partial charge < -0.3 is 14.7 Å². The molecule has 6 nitrogen and oxygen atoms in total. The number of benzene rings is 9. The third kappa shape index (κ3) is 7.94. The quantitative estimate of drug-likeness (QED) is 0.151. The molecule has 340 valence electrons. The fourth-order valence-electron chi connectivity index (χ4n) is 10.3. The van der Waals surface area contributed by atoms with Crippen molar-refractivity contribution in [3.05, 3.63) is 248 Å². The Hall–Kier alpha value is -9.18. The standard InChI is InChI=1S/C65H50N6/c1-65(2,3)50-22-17-25-52(40-50)68-44-69(62-29-16-15-28-61(62)68)54-37-49(47-20-9-5-10-21-47)38-55(41-54)70(51-23-11-6-12-24-51)53-31-32-58-56-26-13-14-27-57(56)59-36-45(43-66)30-33-60(59)71(63(58)42-53)64-39-48(34-35-67-64)46-18-7-4-8-19-46/h4-42H,44H2,1-3H3. The molecule has 2 aliphatic heterocycles. The van der Waals surface area contributed by atoms with E-state index in [1.54, 1.807) is 0 Å². The molecular formula is C65H50N6. The highest BCUT2D eigenvalue weighted by Crippen LogP contribution is 2.53. The predicted octanol–water partition coefficient (Wildman–Crippen LogP) is 17.4. The van der Waals surface area contributed by atoms with Crippen LogP contribution in [0.25, 0.3) is 44.5 Å². The highest BCUT2D eigenvalue weighted by molar-refractivity contribution is 6.04. The Morgan fingerprint density at radius 2 is 1.08 bits per heavy atom. The number of nitriles is 1. The van der Waals surface area contributed by atoms with Gasteiger partial charge in [-0.3, -0.25) is 4.90 Å². The number of rotatable bonds is 8. The van der Waals surface area contributed by atoms with E-state index in [2.05, 4.69) is 259 Å². The highest BCUT2D eigenvalue weighted by Gasteiger charge is 2.32. The van der Waals surface area contributed by atoms with E-state index in [0.29, 0.717) is 12.2 Å². The number of hydrogen-bond donors (Lipinski definition) is 0. The molecular weight excluding hydrogens is 865 g/mol. The van der Waals surface area contributed by atoms with Crippen LogP contribution in [-0.4, -0.2) is 11.7 Å². The molecule has 0 spiro atoms. The summed E-state index contributed by atoms with van der Waals surface area (Å²) in [4.78, 5) is 14.7. The van der Waals surface area contributed by atoms with Crippen molar-refractivity contribution in [2.45, 2.75) is 26.2 Å². The van der Waals surface area contributed by atoms with Crippen molar-refractivity contribution in [3.8, 4) is 50.6 Å². The molecule has 2 aliphatic rings. The molecule has 0 N–H and O–H groups in total. The maximum atomic E-state index is 10.2. The molecule has 3 heterocycles. The second kappa shape index (κ2) is 17.7. The molecule has 0 radical (unpaired) electrons. The predicted molar refractivity (Wildman–Crippen MR) is 294 cm³/mol. The number of nitrogens with zero attached hydrogens (tertiary/aromatic N) is 6. The minimum atomic E-state index is 0.0119. The summed E-state index contributed by atoms with van der Waals surface area (Å²) in [6.45, 7) is 7.47. The molecule has 71 heavy (non-hydrogen) atoms. The Morgan fingerprint density at radius 1 is 0.437 bits per heavy atom. The Kier molecular flexibility index (Phi) is 10.8. The number of anilines is 10. The molecule has 0 bridgehead atoms.